The third-order valence-corrected chi connectivity index (χ3v) is 2.57. The number of halogens is 1. The van der Waals surface area contributed by atoms with E-state index in [2.05, 4.69) is 10.3 Å². The molecule has 0 radical (unpaired) electrons. The highest BCUT2D eigenvalue weighted by Gasteiger charge is 2.11. The second-order valence-corrected chi connectivity index (χ2v) is 4.07. The van der Waals surface area contributed by atoms with Gasteiger partial charge in [-0.2, -0.15) is 0 Å². The summed E-state index contributed by atoms with van der Waals surface area (Å²) >= 11 is 5.75. The van der Waals surface area contributed by atoms with Crippen LogP contribution in [0, 0.1) is 0 Å². The van der Waals surface area contributed by atoms with Crippen molar-refractivity contribution in [3.63, 3.8) is 0 Å². The van der Waals surface area contributed by atoms with E-state index >= 15 is 0 Å². The molecule has 1 aromatic rings. The average molecular weight is 272 g/mol. The highest BCUT2D eigenvalue weighted by Crippen LogP contribution is 2.17. The van der Waals surface area contributed by atoms with E-state index in [1.807, 2.05) is 0 Å². The van der Waals surface area contributed by atoms with E-state index in [0.717, 1.165) is 0 Å². The van der Waals surface area contributed by atoms with Gasteiger partial charge < -0.3 is 15.3 Å². The van der Waals surface area contributed by atoms with Crippen LogP contribution in [0.4, 0.5) is 5.82 Å². The summed E-state index contributed by atoms with van der Waals surface area (Å²) in [5, 5.41) is 11.5. The molecule has 1 rings (SSSR count). The van der Waals surface area contributed by atoms with Gasteiger partial charge in [0.2, 0.25) is 5.91 Å². The first kappa shape index (κ1) is 14.2. The molecule has 0 unspecified atom stereocenters. The molecule has 1 aromatic heterocycles. The molecule has 0 aromatic carbocycles. The molecule has 0 aliphatic heterocycles. The van der Waals surface area contributed by atoms with Gasteiger partial charge in [-0.3, -0.25) is 4.79 Å². The van der Waals surface area contributed by atoms with E-state index in [4.69, 9.17) is 16.7 Å². The Labute approximate surface area is 110 Å². The normalized spacial score (nSPS) is 9.94. The van der Waals surface area contributed by atoms with Crippen molar-refractivity contribution in [1.82, 2.24) is 10.3 Å². The van der Waals surface area contributed by atoms with Gasteiger partial charge in [-0.05, 0) is 12.1 Å². The standard InChI is InChI=1S/C11H14ClN3O3/c1-13-10(16)3-4-15(2)9-6-7(11(17)18)5-8(12)14-9/h5-6H,3-4H2,1-2H3,(H,13,16)(H,17,18). The minimum Gasteiger partial charge on any atom is -0.478 e. The second-order valence-electron chi connectivity index (χ2n) is 3.69. The number of rotatable bonds is 5. The van der Waals surface area contributed by atoms with Crippen LogP contribution >= 0.6 is 11.6 Å². The Kier molecular flexibility index (Phi) is 4.91. The molecule has 0 atom stereocenters. The second kappa shape index (κ2) is 6.20. The smallest absolute Gasteiger partial charge is 0.335 e. The Hall–Kier alpha value is -1.82. The Bertz CT molecular complexity index is 465. The van der Waals surface area contributed by atoms with Crippen molar-refractivity contribution < 1.29 is 14.7 Å². The summed E-state index contributed by atoms with van der Waals surface area (Å²) in [6.45, 7) is 0.423. The molecule has 0 fully saturated rings. The molecule has 2 N–H and O–H groups in total. The Morgan fingerprint density at radius 2 is 2.17 bits per heavy atom. The fraction of sp³-hybridized carbons (Fsp3) is 0.364. The fourth-order valence-electron chi connectivity index (χ4n) is 1.31. The zero-order valence-electron chi connectivity index (χ0n) is 10.1. The molecule has 0 saturated carbocycles. The van der Waals surface area contributed by atoms with Gasteiger partial charge in [-0.15, -0.1) is 0 Å². The SMILES string of the molecule is CNC(=O)CCN(C)c1cc(C(=O)O)cc(Cl)n1. The van der Waals surface area contributed by atoms with E-state index in [0.29, 0.717) is 18.8 Å². The summed E-state index contributed by atoms with van der Waals surface area (Å²) < 4.78 is 0. The fourth-order valence-corrected chi connectivity index (χ4v) is 1.52. The Morgan fingerprint density at radius 3 is 2.72 bits per heavy atom. The molecule has 0 bridgehead atoms. The summed E-state index contributed by atoms with van der Waals surface area (Å²) in [7, 11) is 3.27. The first-order valence-electron chi connectivity index (χ1n) is 5.26. The summed E-state index contributed by atoms with van der Waals surface area (Å²) in [4.78, 5) is 27.7. The highest BCUT2D eigenvalue weighted by atomic mass is 35.5. The number of carbonyl (C=O) groups is 2. The van der Waals surface area contributed by atoms with Crippen LogP contribution < -0.4 is 10.2 Å². The number of aromatic carboxylic acids is 1. The Morgan fingerprint density at radius 1 is 1.50 bits per heavy atom. The van der Waals surface area contributed by atoms with Crippen LogP contribution in [0.3, 0.4) is 0 Å². The van der Waals surface area contributed by atoms with Crippen LogP contribution in [0.5, 0.6) is 0 Å². The number of carboxylic acids is 1. The third-order valence-electron chi connectivity index (χ3n) is 2.37. The van der Waals surface area contributed by atoms with Crippen LogP contribution in [0.25, 0.3) is 0 Å². The molecule has 0 spiro atoms. The molecule has 0 aliphatic rings. The van der Waals surface area contributed by atoms with Crippen molar-refractivity contribution in [3.05, 3.63) is 22.8 Å². The molecule has 6 nitrogen and oxygen atoms in total. The van der Waals surface area contributed by atoms with Crippen molar-refractivity contribution in [1.29, 1.82) is 0 Å². The van der Waals surface area contributed by atoms with Gasteiger partial charge in [-0.25, -0.2) is 9.78 Å². The quantitative estimate of drug-likeness (QED) is 0.781. The van der Waals surface area contributed by atoms with Crippen LogP contribution in [0.2, 0.25) is 5.15 Å². The lowest BCUT2D eigenvalue weighted by Crippen LogP contribution is -2.27. The van der Waals surface area contributed by atoms with Crippen molar-refractivity contribution in [2.75, 3.05) is 25.5 Å². The number of carbonyl (C=O) groups excluding carboxylic acids is 1. The van der Waals surface area contributed by atoms with Crippen molar-refractivity contribution >= 4 is 29.3 Å². The van der Waals surface area contributed by atoms with E-state index in [1.54, 1.807) is 19.0 Å². The predicted molar refractivity (Wildman–Crippen MR) is 68.2 cm³/mol. The van der Waals surface area contributed by atoms with Crippen LogP contribution in [0.15, 0.2) is 12.1 Å². The topological polar surface area (TPSA) is 82.5 Å². The van der Waals surface area contributed by atoms with Gasteiger partial charge in [0.25, 0.3) is 0 Å². The van der Waals surface area contributed by atoms with E-state index < -0.39 is 5.97 Å². The molecule has 1 heterocycles. The summed E-state index contributed by atoms with van der Waals surface area (Å²) in [5.41, 5.74) is 0.0665. The summed E-state index contributed by atoms with van der Waals surface area (Å²) in [6, 6.07) is 2.69. The monoisotopic (exact) mass is 271 g/mol. The minimum absolute atomic E-state index is 0.0665. The number of hydrogen-bond acceptors (Lipinski definition) is 4. The average Bonchev–Trinajstić information content (AvgIpc) is 2.34. The molecular formula is C11H14ClN3O3. The van der Waals surface area contributed by atoms with Gasteiger partial charge in [0.15, 0.2) is 0 Å². The maximum absolute atomic E-state index is 11.1. The van der Waals surface area contributed by atoms with Crippen LogP contribution in [-0.2, 0) is 4.79 Å². The molecule has 0 saturated heterocycles. The van der Waals surface area contributed by atoms with E-state index in [1.165, 1.54) is 12.1 Å². The van der Waals surface area contributed by atoms with Gasteiger partial charge >= 0.3 is 5.97 Å². The Balaban J connectivity index is 2.82. The molecule has 18 heavy (non-hydrogen) atoms. The molecule has 0 aliphatic carbocycles. The van der Waals surface area contributed by atoms with Gasteiger partial charge in [0, 0.05) is 27.1 Å². The maximum Gasteiger partial charge on any atom is 0.335 e. The van der Waals surface area contributed by atoms with E-state index in [-0.39, 0.29) is 16.6 Å². The molecule has 98 valence electrons. The predicted octanol–water partition coefficient (Wildman–Crippen LogP) is 1.01. The van der Waals surface area contributed by atoms with Gasteiger partial charge in [-0.1, -0.05) is 11.6 Å². The lowest BCUT2D eigenvalue weighted by molar-refractivity contribution is -0.120. The number of carboxylic acid groups (broad SMARTS) is 1. The number of anilines is 1. The maximum atomic E-state index is 11.1. The zero-order valence-corrected chi connectivity index (χ0v) is 10.9. The van der Waals surface area contributed by atoms with Crippen molar-refractivity contribution in [3.8, 4) is 0 Å². The van der Waals surface area contributed by atoms with E-state index in [9.17, 15) is 9.59 Å². The van der Waals surface area contributed by atoms with Gasteiger partial charge in [0.05, 0.1) is 5.56 Å². The number of amides is 1. The number of aromatic nitrogens is 1. The minimum atomic E-state index is -1.07. The first-order chi connectivity index (χ1) is 8.43. The summed E-state index contributed by atoms with van der Waals surface area (Å²) in [5.74, 6) is -0.744. The zero-order chi connectivity index (χ0) is 13.7. The third kappa shape index (κ3) is 3.89. The lowest BCUT2D eigenvalue weighted by Gasteiger charge is -2.18. The molecular weight excluding hydrogens is 258 g/mol. The number of nitrogens with zero attached hydrogens (tertiary/aromatic N) is 2. The number of nitrogens with one attached hydrogen (secondary N) is 1. The number of pyridine rings is 1. The highest BCUT2D eigenvalue weighted by molar-refractivity contribution is 6.29. The molecule has 1 amide bonds. The largest absolute Gasteiger partial charge is 0.478 e. The summed E-state index contributed by atoms with van der Waals surface area (Å²) in [6.07, 6.45) is 0.295. The van der Waals surface area contributed by atoms with Crippen LogP contribution in [-0.4, -0.2) is 42.6 Å². The van der Waals surface area contributed by atoms with Crippen LogP contribution in [0.1, 0.15) is 16.8 Å². The lowest BCUT2D eigenvalue weighted by atomic mass is 10.2. The first-order valence-corrected chi connectivity index (χ1v) is 5.64. The number of hydrogen-bond donors (Lipinski definition) is 2. The van der Waals surface area contributed by atoms with Crippen molar-refractivity contribution in [2.24, 2.45) is 0 Å². The molecule has 7 heteroatoms. The van der Waals surface area contributed by atoms with Crippen molar-refractivity contribution in [2.45, 2.75) is 6.42 Å². The van der Waals surface area contributed by atoms with Gasteiger partial charge in [0.1, 0.15) is 11.0 Å².